The molecule has 0 heterocycles. The van der Waals surface area contributed by atoms with Crippen molar-refractivity contribution < 1.29 is 8.85 Å². The zero-order valence-electron chi connectivity index (χ0n) is 9.30. The predicted molar refractivity (Wildman–Crippen MR) is 57.0 cm³/mol. The SMILES string of the molecule is CCC(C)C[Si](OC)(OC)C1CC1. The minimum absolute atomic E-state index is 0.743. The molecule has 78 valence electrons. The number of hydrogen-bond acceptors (Lipinski definition) is 2. The minimum Gasteiger partial charge on any atom is -0.397 e. The maximum atomic E-state index is 5.70. The van der Waals surface area contributed by atoms with Gasteiger partial charge in [-0.3, -0.25) is 0 Å². The number of hydrogen-bond donors (Lipinski definition) is 0. The molecule has 13 heavy (non-hydrogen) atoms. The average molecular weight is 202 g/mol. The van der Waals surface area contributed by atoms with Crippen LogP contribution in [0.4, 0.5) is 0 Å². The van der Waals surface area contributed by atoms with Crippen LogP contribution in [0.15, 0.2) is 0 Å². The van der Waals surface area contributed by atoms with Crippen LogP contribution in [0.5, 0.6) is 0 Å². The van der Waals surface area contributed by atoms with Gasteiger partial charge in [0.15, 0.2) is 0 Å². The lowest BCUT2D eigenvalue weighted by Gasteiger charge is -2.29. The molecule has 0 radical (unpaired) electrons. The van der Waals surface area contributed by atoms with Crippen LogP contribution in [-0.2, 0) is 8.85 Å². The van der Waals surface area contributed by atoms with E-state index in [2.05, 4.69) is 13.8 Å². The Morgan fingerprint density at radius 3 is 2.15 bits per heavy atom. The van der Waals surface area contributed by atoms with E-state index in [1.54, 1.807) is 0 Å². The lowest BCUT2D eigenvalue weighted by Crippen LogP contribution is -2.42. The molecule has 1 aliphatic carbocycles. The summed E-state index contributed by atoms with van der Waals surface area (Å²) in [5, 5.41) is 0. The zero-order valence-corrected chi connectivity index (χ0v) is 10.3. The van der Waals surface area contributed by atoms with Crippen molar-refractivity contribution in [2.45, 2.75) is 44.7 Å². The van der Waals surface area contributed by atoms with Crippen molar-refractivity contribution in [3.05, 3.63) is 0 Å². The van der Waals surface area contributed by atoms with Crippen LogP contribution in [0.25, 0.3) is 0 Å². The lowest BCUT2D eigenvalue weighted by atomic mass is 10.2. The van der Waals surface area contributed by atoms with Crippen molar-refractivity contribution in [2.24, 2.45) is 5.92 Å². The summed E-state index contributed by atoms with van der Waals surface area (Å²) in [6, 6.07) is 1.17. The topological polar surface area (TPSA) is 18.5 Å². The van der Waals surface area contributed by atoms with Crippen molar-refractivity contribution >= 4 is 8.56 Å². The van der Waals surface area contributed by atoms with E-state index in [0.29, 0.717) is 0 Å². The smallest absolute Gasteiger partial charge is 0.341 e. The third kappa shape index (κ3) is 2.54. The standard InChI is InChI=1S/C10H22O2Si/c1-5-9(2)8-13(11-3,12-4)10-6-7-10/h9-10H,5-8H2,1-4H3. The van der Waals surface area contributed by atoms with Gasteiger partial charge in [-0.1, -0.05) is 20.3 Å². The molecule has 0 saturated heterocycles. The zero-order chi connectivity index (χ0) is 9.90. The summed E-state index contributed by atoms with van der Waals surface area (Å²) in [5.74, 6) is 0.743. The van der Waals surface area contributed by atoms with E-state index < -0.39 is 8.56 Å². The first-order valence-corrected chi connectivity index (χ1v) is 7.39. The fraction of sp³-hybridized carbons (Fsp3) is 1.00. The van der Waals surface area contributed by atoms with Crippen LogP contribution < -0.4 is 0 Å². The maximum Gasteiger partial charge on any atom is 0.341 e. The Bertz CT molecular complexity index is 153. The van der Waals surface area contributed by atoms with Gasteiger partial charge in [0, 0.05) is 19.8 Å². The molecule has 0 bridgehead atoms. The van der Waals surface area contributed by atoms with Crippen molar-refractivity contribution in [3.63, 3.8) is 0 Å². The van der Waals surface area contributed by atoms with Gasteiger partial charge in [0.1, 0.15) is 0 Å². The summed E-state index contributed by atoms with van der Waals surface area (Å²) in [5.41, 5.74) is 0.775. The second kappa shape index (κ2) is 4.58. The fourth-order valence-electron chi connectivity index (χ4n) is 1.90. The Balaban J connectivity index is 2.54. The lowest BCUT2D eigenvalue weighted by molar-refractivity contribution is 0.232. The van der Waals surface area contributed by atoms with E-state index in [1.807, 2.05) is 14.2 Å². The third-order valence-corrected chi connectivity index (χ3v) is 7.69. The Labute approximate surface area is 82.9 Å². The summed E-state index contributed by atoms with van der Waals surface area (Å²) in [4.78, 5) is 0. The molecule has 0 spiro atoms. The molecule has 1 aliphatic rings. The average Bonchev–Trinajstić information content (AvgIpc) is 2.97. The highest BCUT2D eigenvalue weighted by Gasteiger charge is 2.50. The number of rotatable bonds is 6. The van der Waals surface area contributed by atoms with Crippen LogP contribution in [0.1, 0.15) is 33.1 Å². The van der Waals surface area contributed by atoms with Crippen LogP contribution in [0, 0.1) is 5.92 Å². The Hall–Kier alpha value is 0.137. The van der Waals surface area contributed by atoms with E-state index in [1.165, 1.54) is 25.3 Å². The molecule has 1 atom stereocenters. The summed E-state index contributed by atoms with van der Waals surface area (Å²) >= 11 is 0. The summed E-state index contributed by atoms with van der Waals surface area (Å²) in [6.45, 7) is 4.53. The highest BCUT2D eigenvalue weighted by molar-refractivity contribution is 6.69. The van der Waals surface area contributed by atoms with Crippen LogP contribution in [0.3, 0.4) is 0 Å². The van der Waals surface area contributed by atoms with Crippen LogP contribution in [-0.4, -0.2) is 22.8 Å². The Morgan fingerprint density at radius 1 is 1.31 bits per heavy atom. The molecule has 0 aliphatic heterocycles. The second-order valence-electron chi connectivity index (χ2n) is 4.21. The van der Waals surface area contributed by atoms with Gasteiger partial charge in [0.05, 0.1) is 0 Å². The molecule has 0 aromatic heterocycles. The minimum atomic E-state index is -1.79. The first kappa shape index (κ1) is 11.2. The van der Waals surface area contributed by atoms with Crippen molar-refractivity contribution in [2.75, 3.05) is 14.2 Å². The van der Waals surface area contributed by atoms with Crippen molar-refractivity contribution in [1.82, 2.24) is 0 Å². The molecule has 0 amide bonds. The fourth-order valence-corrected chi connectivity index (χ4v) is 5.71. The van der Waals surface area contributed by atoms with Gasteiger partial charge in [0.2, 0.25) is 0 Å². The van der Waals surface area contributed by atoms with E-state index in [0.717, 1.165) is 11.5 Å². The quantitative estimate of drug-likeness (QED) is 0.617. The molecule has 3 heteroatoms. The first-order valence-electron chi connectivity index (χ1n) is 5.28. The van der Waals surface area contributed by atoms with Gasteiger partial charge in [-0.25, -0.2) is 0 Å². The molecular weight excluding hydrogens is 180 g/mol. The van der Waals surface area contributed by atoms with E-state index in [-0.39, 0.29) is 0 Å². The van der Waals surface area contributed by atoms with Gasteiger partial charge < -0.3 is 8.85 Å². The van der Waals surface area contributed by atoms with Gasteiger partial charge in [-0.05, 0) is 24.8 Å². The largest absolute Gasteiger partial charge is 0.397 e. The second-order valence-corrected chi connectivity index (χ2v) is 7.88. The molecule has 0 N–H and O–H groups in total. The summed E-state index contributed by atoms with van der Waals surface area (Å²) < 4.78 is 11.4. The molecule has 0 aromatic carbocycles. The van der Waals surface area contributed by atoms with Crippen LogP contribution >= 0.6 is 0 Å². The molecule has 2 nitrogen and oxygen atoms in total. The predicted octanol–water partition coefficient (Wildman–Crippen LogP) is 2.93. The van der Waals surface area contributed by atoms with Gasteiger partial charge in [0.25, 0.3) is 0 Å². The highest BCUT2D eigenvalue weighted by Crippen LogP contribution is 2.48. The molecule has 1 saturated carbocycles. The normalized spacial score (nSPS) is 20.3. The summed E-state index contributed by atoms with van der Waals surface area (Å²) in [6.07, 6.45) is 3.88. The Kier molecular flexibility index (Phi) is 3.95. The first-order chi connectivity index (χ1) is 6.18. The molecule has 1 unspecified atom stereocenters. The van der Waals surface area contributed by atoms with E-state index >= 15 is 0 Å². The molecular formula is C10H22O2Si. The molecule has 1 fully saturated rings. The third-order valence-electron chi connectivity index (χ3n) is 3.22. The molecule has 0 aromatic rings. The molecule has 1 rings (SSSR count). The van der Waals surface area contributed by atoms with Gasteiger partial charge in [-0.15, -0.1) is 0 Å². The monoisotopic (exact) mass is 202 g/mol. The summed E-state index contributed by atoms with van der Waals surface area (Å²) in [7, 11) is 1.87. The highest BCUT2D eigenvalue weighted by atomic mass is 28.4. The van der Waals surface area contributed by atoms with E-state index in [4.69, 9.17) is 8.85 Å². The van der Waals surface area contributed by atoms with Crippen molar-refractivity contribution in [1.29, 1.82) is 0 Å². The van der Waals surface area contributed by atoms with Crippen LogP contribution in [0.2, 0.25) is 11.6 Å². The Morgan fingerprint density at radius 2 is 1.85 bits per heavy atom. The van der Waals surface area contributed by atoms with Crippen molar-refractivity contribution in [3.8, 4) is 0 Å². The van der Waals surface area contributed by atoms with Gasteiger partial charge >= 0.3 is 8.56 Å². The van der Waals surface area contributed by atoms with E-state index in [9.17, 15) is 0 Å². The van der Waals surface area contributed by atoms with Gasteiger partial charge in [-0.2, -0.15) is 0 Å². The maximum absolute atomic E-state index is 5.70.